The molecule has 15 heavy (non-hydrogen) atoms. The van der Waals surface area contributed by atoms with E-state index in [2.05, 4.69) is 5.32 Å². The first-order valence-corrected chi connectivity index (χ1v) is 4.84. The summed E-state index contributed by atoms with van der Waals surface area (Å²) in [6.45, 7) is 0. The van der Waals surface area contributed by atoms with Crippen molar-refractivity contribution >= 4 is 40.8 Å². The van der Waals surface area contributed by atoms with E-state index in [0.29, 0.717) is 0 Å². The molecule has 1 aromatic rings. The second-order valence-corrected chi connectivity index (χ2v) is 3.38. The molecule has 0 unspecified atom stereocenters. The molecular formula is C9H7Cl2NO3. The Morgan fingerprint density at radius 2 is 2.07 bits per heavy atom. The fourth-order valence-corrected chi connectivity index (χ4v) is 1.22. The van der Waals surface area contributed by atoms with Crippen molar-refractivity contribution < 1.29 is 14.7 Å². The highest BCUT2D eigenvalue weighted by atomic mass is 35.5. The number of anilines is 1. The van der Waals surface area contributed by atoms with E-state index in [0.717, 1.165) is 0 Å². The van der Waals surface area contributed by atoms with Crippen LogP contribution in [0.1, 0.15) is 10.4 Å². The molecule has 80 valence electrons. The van der Waals surface area contributed by atoms with E-state index >= 15 is 0 Å². The molecular weight excluding hydrogens is 241 g/mol. The third-order valence-electron chi connectivity index (χ3n) is 1.61. The van der Waals surface area contributed by atoms with Crippen molar-refractivity contribution in [3.8, 4) is 0 Å². The van der Waals surface area contributed by atoms with Gasteiger partial charge in [0.1, 0.15) is 5.88 Å². The summed E-state index contributed by atoms with van der Waals surface area (Å²) in [6, 6.07) is 4.15. The summed E-state index contributed by atoms with van der Waals surface area (Å²) in [5, 5.41) is 11.5. The average Bonchev–Trinajstić information content (AvgIpc) is 2.20. The number of rotatable bonds is 3. The Hall–Kier alpha value is -1.26. The molecule has 1 amide bonds. The van der Waals surface area contributed by atoms with Crippen molar-refractivity contribution in [1.82, 2.24) is 0 Å². The van der Waals surface area contributed by atoms with Crippen molar-refractivity contribution in [2.75, 3.05) is 11.2 Å². The number of carboxylic acids is 1. The van der Waals surface area contributed by atoms with Crippen LogP contribution >= 0.6 is 23.2 Å². The van der Waals surface area contributed by atoms with E-state index in [-0.39, 0.29) is 22.2 Å². The van der Waals surface area contributed by atoms with Crippen molar-refractivity contribution in [3.05, 3.63) is 28.8 Å². The van der Waals surface area contributed by atoms with Crippen LogP contribution in [0.2, 0.25) is 5.02 Å². The highest BCUT2D eigenvalue weighted by Gasteiger charge is 2.12. The molecule has 0 heterocycles. The lowest BCUT2D eigenvalue weighted by Crippen LogP contribution is -2.15. The van der Waals surface area contributed by atoms with Crippen LogP contribution in [-0.2, 0) is 4.79 Å². The second kappa shape index (κ2) is 5.00. The van der Waals surface area contributed by atoms with Gasteiger partial charge in [-0.05, 0) is 18.2 Å². The molecule has 0 atom stereocenters. The number of carbonyl (C=O) groups is 2. The number of halogens is 2. The summed E-state index contributed by atoms with van der Waals surface area (Å²) < 4.78 is 0. The summed E-state index contributed by atoms with van der Waals surface area (Å²) in [6.07, 6.45) is 0. The zero-order valence-corrected chi connectivity index (χ0v) is 8.97. The Kier molecular flexibility index (Phi) is 3.94. The van der Waals surface area contributed by atoms with Gasteiger partial charge in [0.05, 0.1) is 11.3 Å². The van der Waals surface area contributed by atoms with E-state index in [1.807, 2.05) is 0 Å². The molecule has 1 aromatic carbocycles. The van der Waals surface area contributed by atoms with Crippen LogP contribution in [0.4, 0.5) is 5.69 Å². The first kappa shape index (κ1) is 11.8. The third-order valence-corrected chi connectivity index (χ3v) is 2.09. The molecule has 0 aliphatic heterocycles. The van der Waals surface area contributed by atoms with Gasteiger partial charge in [0.2, 0.25) is 5.91 Å². The van der Waals surface area contributed by atoms with Gasteiger partial charge >= 0.3 is 5.97 Å². The highest BCUT2D eigenvalue weighted by Crippen LogP contribution is 2.20. The van der Waals surface area contributed by atoms with Gasteiger partial charge in [-0.3, -0.25) is 4.79 Å². The number of hydrogen-bond acceptors (Lipinski definition) is 2. The fourth-order valence-electron chi connectivity index (χ4n) is 0.986. The third kappa shape index (κ3) is 3.11. The van der Waals surface area contributed by atoms with Crippen LogP contribution in [0.3, 0.4) is 0 Å². The van der Waals surface area contributed by atoms with Crippen molar-refractivity contribution in [1.29, 1.82) is 0 Å². The predicted molar refractivity (Wildman–Crippen MR) is 57.8 cm³/mol. The minimum absolute atomic E-state index is 0.0685. The van der Waals surface area contributed by atoms with E-state index in [1.165, 1.54) is 18.2 Å². The average molecular weight is 248 g/mol. The molecule has 0 aromatic heterocycles. The maximum Gasteiger partial charge on any atom is 0.337 e. The van der Waals surface area contributed by atoms with Crippen LogP contribution in [0, 0.1) is 0 Å². The Morgan fingerprint density at radius 3 is 2.60 bits per heavy atom. The largest absolute Gasteiger partial charge is 0.478 e. The van der Waals surface area contributed by atoms with Crippen molar-refractivity contribution in [3.63, 3.8) is 0 Å². The normalized spacial score (nSPS) is 9.73. The predicted octanol–water partition coefficient (Wildman–Crippen LogP) is 2.22. The Labute approximate surface area is 95.8 Å². The minimum atomic E-state index is -1.16. The fraction of sp³-hybridized carbons (Fsp3) is 0.111. The van der Waals surface area contributed by atoms with Gasteiger partial charge in [0.15, 0.2) is 0 Å². The maximum absolute atomic E-state index is 11.0. The standard InChI is InChI=1S/C9H7Cl2NO3/c10-4-8(13)12-7-2-1-5(11)3-6(7)9(14)15/h1-3H,4H2,(H,12,13)(H,14,15). The van der Waals surface area contributed by atoms with Crippen molar-refractivity contribution in [2.24, 2.45) is 0 Å². The van der Waals surface area contributed by atoms with Crippen LogP contribution in [0.25, 0.3) is 0 Å². The summed E-state index contributed by atoms with van der Waals surface area (Å²) in [4.78, 5) is 21.8. The molecule has 0 fully saturated rings. The zero-order chi connectivity index (χ0) is 11.4. The van der Waals surface area contributed by atoms with E-state index in [1.54, 1.807) is 0 Å². The number of nitrogens with one attached hydrogen (secondary N) is 1. The van der Waals surface area contributed by atoms with Crippen LogP contribution in [0.5, 0.6) is 0 Å². The SMILES string of the molecule is O=C(CCl)Nc1ccc(Cl)cc1C(=O)O. The van der Waals surface area contributed by atoms with Gasteiger partial charge in [-0.2, -0.15) is 0 Å². The Morgan fingerprint density at radius 1 is 1.40 bits per heavy atom. The molecule has 2 N–H and O–H groups in total. The molecule has 0 aliphatic carbocycles. The first-order chi connectivity index (χ1) is 7.04. The lowest BCUT2D eigenvalue weighted by atomic mass is 10.2. The second-order valence-electron chi connectivity index (χ2n) is 2.68. The molecule has 0 saturated heterocycles. The van der Waals surface area contributed by atoms with E-state index < -0.39 is 11.9 Å². The molecule has 6 heteroatoms. The number of amides is 1. The van der Waals surface area contributed by atoms with Gasteiger partial charge in [-0.15, -0.1) is 11.6 Å². The molecule has 4 nitrogen and oxygen atoms in total. The first-order valence-electron chi connectivity index (χ1n) is 3.93. The van der Waals surface area contributed by atoms with Crippen molar-refractivity contribution in [2.45, 2.75) is 0 Å². The smallest absolute Gasteiger partial charge is 0.337 e. The zero-order valence-electron chi connectivity index (χ0n) is 7.46. The van der Waals surface area contributed by atoms with E-state index in [9.17, 15) is 9.59 Å². The van der Waals surface area contributed by atoms with E-state index in [4.69, 9.17) is 28.3 Å². The molecule has 0 aliphatic rings. The van der Waals surface area contributed by atoms with Gasteiger partial charge < -0.3 is 10.4 Å². The molecule has 0 bridgehead atoms. The number of carbonyl (C=O) groups excluding carboxylic acids is 1. The Bertz CT molecular complexity index is 406. The molecule has 0 radical (unpaired) electrons. The lowest BCUT2D eigenvalue weighted by Gasteiger charge is -2.06. The monoisotopic (exact) mass is 247 g/mol. The number of hydrogen-bond donors (Lipinski definition) is 2. The van der Waals surface area contributed by atoms with Gasteiger partial charge in [0, 0.05) is 5.02 Å². The molecule has 0 saturated carbocycles. The molecule has 0 spiro atoms. The van der Waals surface area contributed by atoms with Gasteiger partial charge in [0.25, 0.3) is 0 Å². The number of carboxylic acid groups (broad SMARTS) is 1. The summed E-state index contributed by atoms with van der Waals surface area (Å²) in [5.41, 5.74) is 0.110. The number of benzene rings is 1. The number of aromatic carboxylic acids is 1. The summed E-state index contributed by atoms with van der Waals surface area (Å²) in [5.74, 6) is -1.87. The Balaban J connectivity index is 3.06. The minimum Gasteiger partial charge on any atom is -0.478 e. The quantitative estimate of drug-likeness (QED) is 0.806. The highest BCUT2D eigenvalue weighted by molar-refractivity contribution is 6.31. The van der Waals surface area contributed by atoms with Gasteiger partial charge in [-0.25, -0.2) is 4.79 Å². The maximum atomic E-state index is 11.0. The van der Waals surface area contributed by atoms with Crippen LogP contribution in [0.15, 0.2) is 18.2 Å². The topological polar surface area (TPSA) is 66.4 Å². The summed E-state index contributed by atoms with van der Waals surface area (Å²) >= 11 is 10.9. The number of alkyl halides is 1. The summed E-state index contributed by atoms with van der Waals surface area (Å²) in [7, 11) is 0. The van der Waals surface area contributed by atoms with Crippen LogP contribution < -0.4 is 5.32 Å². The molecule has 1 rings (SSSR count). The van der Waals surface area contributed by atoms with Gasteiger partial charge in [-0.1, -0.05) is 11.6 Å². The van der Waals surface area contributed by atoms with Crippen LogP contribution in [-0.4, -0.2) is 22.9 Å². The lowest BCUT2D eigenvalue weighted by molar-refractivity contribution is -0.113.